The summed E-state index contributed by atoms with van der Waals surface area (Å²) in [4.78, 5) is 0. The minimum atomic E-state index is 0.240. The first-order chi connectivity index (χ1) is 7.70. The topological polar surface area (TPSA) is 0 Å². The number of aryl methyl sites for hydroxylation is 1. The molecule has 0 heteroatoms. The van der Waals surface area contributed by atoms with Crippen LogP contribution in [0.1, 0.15) is 71.6 Å². The molecule has 0 heterocycles. The standard InChI is InChI=1S/C17H28/c1-8-13-10-14(16(3,4)5)12-15(11-13)17(6,7)9-2/h10-12H,8-9H2,1-7H3. The average Bonchev–Trinajstić information content (AvgIpc) is 2.27. The molecule has 0 aromatic heterocycles. The summed E-state index contributed by atoms with van der Waals surface area (Å²) in [6.45, 7) is 16.1. The second-order valence-electron chi connectivity index (χ2n) is 6.76. The van der Waals surface area contributed by atoms with Crippen molar-refractivity contribution in [3.8, 4) is 0 Å². The Kier molecular flexibility index (Phi) is 4.06. The molecule has 0 saturated heterocycles. The Morgan fingerprint density at radius 1 is 0.824 bits per heavy atom. The van der Waals surface area contributed by atoms with Crippen LogP contribution in [-0.2, 0) is 17.3 Å². The number of benzene rings is 1. The lowest BCUT2D eigenvalue weighted by Crippen LogP contribution is -2.19. The van der Waals surface area contributed by atoms with E-state index >= 15 is 0 Å². The van der Waals surface area contributed by atoms with Crippen molar-refractivity contribution >= 4 is 0 Å². The summed E-state index contributed by atoms with van der Waals surface area (Å²) in [5.41, 5.74) is 4.95. The fourth-order valence-electron chi connectivity index (χ4n) is 1.92. The lowest BCUT2D eigenvalue weighted by molar-refractivity contribution is 0.501. The van der Waals surface area contributed by atoms with Crippen LogP contribution in [0.15, 0.2) is 18.2 Å². The Bertz CT molecular complexity index is 378. The zero-order chi connectivity index (χ0) is 13.3. The second kappa shape index (κ2) is 4.84. The fourth-order valence-corrected chi connectivity index (χ4v) is 1.92. The third kappa shape index (κ3) is 3.34. The minimum absolute atomic E-state index is 0.240. The normalized spacial score (nSPS) is 12.9. The van der Waals surface area contributed by atoms with Crippen molar-refractivity contribution < 1.29 is 0 Å². The van der Waals surface area contributed by atoms with Gasteiger partial charge in [-0.2, -0.15) is 0 Å². The Labute approximate surface area is 107 Å². The van der Waals surface area contributed by atoms with Gasteiger partial charge in [0.2, 0.25) is 0 Å². The first kappa shape index (κ1) is 14.3. The van der Waals surface area contributed by atoms with Gasteiger partial charge in [-0.3, -0.25) is 0 Å². The van der Waals surface area contributed by atoms with Crippen LogP contribution in [0.3, 0.4) is 0 Å². The highest BCUT2D eigenvalue weighted by atomic mass is 14.3. The average molecular weight is 232 g/mol. The monoisotopic (exact) mass is 232 g/mol. The molecule has 0 aliphatic heterocycles. The number of rotatable bonds is 3. The van der Waals surface area contributed by atoms with Gasteiger partial charge in [-0.15, -0.1) is 0 Å². The predicted octanol–water partition coefficient (Wildman–Crippen LogP) is 5.23. The first-order valence-corrected chi connectivity index (χ1v) is 6.85. The largest absolute Gasteiger partial charge is 0.0646 e. The van der Waals surface area contributed by atoms with Crippen LogP contribution in [0.2, 0.25) is 0 Å². The third-order valence-electron chi connectivity index (χ3n) is 3.93. The van der Waals surface area contributed by atoms with Crippen LogP contribution in [-0.4, -0.2) is 0 Å². The van der Waals surface area contributed by atoms with Gasteiger partial charge < -0.3 is 0 Å². The van der Waals surface area contributed by atoms with E-state index in [0.717, 1.165) is 6.42 Å². The van der Waals surface area contributed by atoms with Crippen molar-refractivity contribution in [1.29, 1.82) is 0 Å². The highest BCUT2D eigenvalue weighted by Crippen LogP contribution is 2.32. The molecular formula is C17H28. The Balaban J connectivity index is 3.34. The first-order valence-electron chi connectivity index (χ1n) is 6.85. The molecule has 17 heavy (non-hydrogen) atoms. The maximum Gasteiger partial charge on any atom is -0.0106 e. The van der Waals surface area contributed by atoms with Crippen LogP contribution < -0.4 is 0 Å². The van der Waals surface area contributed by atoms with Crippen LogP contribution in [0.5, 0.6) is 0 Å². The SMILES string of the molecule is CCc1cc(C(C)(C)C)cc(C(C)(C)CC)c1. The minimum Gasteiger partial charge on any atom is -0.0646 e. The van der Waals surface area contributed by atoms with E-state index in [1.165, 1.54) is 23.1 Å². The van der Waals surface area contributed by atoms with Crippen LogP contribution >= 0.6 is 0 Å². The summed E-state index contributed by atoms with van der Waals surface area (Å²) >= 11 is 0. The van der Waals surface area contributed by atoms with Crippen LogP contribution in [0.4, 0.5) is 0 Å². The summed E-state index contributed by atoms with van der Waals surface area (Å²) in [5.74, 6) is 0. The zero-order valence-corrected chi connectivity index (χ0v) is 12.6. The molecule has 0 amide bonds. The molecule has 0 aliphatic rings. The van der Waals surface area contributed by atoms with E-state index in [1.54, 1.807) is 0 Å². The summed E-state index contributed by atoms with van der Waals surface area (Å²) in [7, 11) is 0. The lowest BCUT2D eigenvalue weighted by Gasteiger charge is -2.28. The third-order valence-corrected chi connectivity index (χ3v) is 3.93. The summed E-state index contributed by atoms with van der Waals surface area (Å²) < 4.78 is 0. The van der Waals surface area contributed by atoms with Crippen molar-refractivity contribution in [3.63, 3.8) is 0 Å². The molecule has 0 fully saturated rings. The molecule has 0 radical (unpaired) electrons. The fraction of sp³-hybridized carbons (Fsp3) is 0.647. The number of hydrogen-bond acceptors (Lipinski definition) is 0. The summed E-state index contributed by atoms with van der Waals surface area (Å²) in [6.07, 6.45) is 2.31. The Hall–Kier alpha value is -0.780. The molecule has 0 spiro atoms. The van der Waals surface area contributed by atoms with Gasteiger partial charge in [0.1, 0.15) is 0 Å². The van der Waals surface area contributed by atoms with Crippen molar-refractivity contribution in [2.24, 2.45) is 0 Å². The van der Waals surface area contributed by atoms with E-state index in [1.807, 2.05) is 0 Å². The van der Waals surface area contributed by atoms with Gasteiger partial charge in [0.25, 0.3) is 0 Å². The molecule has 0 nitrogen and oxygen atoms in total. The van der Waals surface area contributed by atoms with Gasteiger partial charge in [-0.1, -0.05) is 66.7 Å². The molecule has 0 N–H and O–H groups in total. The van der Waals surface area contributed by atoms with E-state index < -0.39 is 0 Å². The van der Waals surface area contributed by atoms with Crippen LogP contribution in [0.25, 0.3) is 0 Å². The smallest absolute Gasteiger partial charge is 0.0106 e. The number of hydrogen-bond donors (Lipinski definition) is 0. The summed E-state index contributed by atoms with van der Waals surface area (Å²) in [6, 6.07) is 7.16. The van der Waals surface area contributed by atoms with E-state index in [0.29, 0.717) is 0 Å². The Morgan fingerprint density at radius 2 is 1.35 bits per heavy atom. The van der Waals surface area contributed by atoms with E-state index in [4.69, 9.17) is 0 Å². The second-order valence-corrected chi connectivity index (χ2v) is 6.76. The van der Waals surface area contributed by atoms with Crippen molar-refractivity contribution in [3.05, 3.63) is 34.9 Å². The molecule has 0 atom stereocenters. The summed E-state index contributed by atoms with van der Waals surface area (Å²) in [5, 5.41) is 0. The van der Waals surface area contributed by atoms with Gasteiger partial charge in [-0.25, -0.2) is 0 Å². The maximum atomic E-state index is 2.41. The van der Waals surface area contributed by atoms with Gasteiger partial charge in [-0.05, 0) is 40.4 Å². The highest BCUT2D eigenvalue weighted by Gasteiger charge is 2.22. The molecular weight excluding hydrogens is 204 g/mol. The molecule has 0 aliphatic carbocycles. The zero-order valence-electron chi connectivity index (χ0n) is 12.6. The Morgan fingerprint density at radius 3 is 1.76 bits per heavy atom. The lowest BCUT2D eigenvalue weighted by atomic mass is 9.77. The van der Waals surface area contributed by atoms with Gasteiger partial charge in [0.05, 0.1) is 0 Å². The maximum absolute atomic E-state index is 2.41. The van der Waals surface area contributed by atoms with E-state index in [-0.39, 0.29) is 10.8 Å². The molecule has 0 unspecified atom stereocenters. The van der Waals surface area contributed by atoms with Gasteiger partial charge >= 0.3 is 0 Å². The predicted molar refractivity (Wildman–Crippen MR) is 77.8 cm³/mol. The van der Waals surface area contributed by atoms with Crippen molar-refractivity contribution in [2.45, 2.75) is 72.1 Å². The van der Waals surface area contributed by atoms with Gasteiger partial charge in [0.15, 0.2) is 0 Å². The van der Waals surface area contributed by atoms with E-state index in [2.05, 4.69) is 66.7 Å². The molecule has 1 aromatic carbocycles. The molecule has 1 rings (SSSR count). The van der Waals surface area contributed by atoms with Gasteiger partial charge in [0, 0.05) is 0 Å². The van der Waals surface area contributed by atoms with Crippen molar-refractivity contribution in [2.75, 3.05) is 0 Å². The van der Waals surface area contributed by atoms with E-state index in [9.17, 15) is 0 Å². The quantitative estimate of drug-likeness (QED) is 0.669. The molecule has 0 bridgehead atoms. The molecule has 0 saturated carbocycles. The van der Waals surface area contributed by atoms with Crippen molar-refractivity contribution in [1.82, 2.24) is 0 Å². The molecule has 96 valence electrons. The highest BCUT2D eigenvalue weighted by molar-refractivity contribution is 5.37. The van der Waals surface area contributed by atoms with Crippen LogP contribution in [0, 0.1) is 0 Å². The molecule has 1 aromatic rings.